The summed E-state index contributed by atoms with van der Waals surface area (Å²) in [7, 11) is 0. The molecule has 2 heterocycles. The quantitative estimate of drug-likeness (QED) is 0.928. The van der Waals surface area contributed by atoms with Gasteiger partial charge in [-0.1, -0.05) is 19.3 Å². The smallest absolute Gasteiger partial charge is 0.148 e. The second-order valence-corrected chi connectivity index (χ2v) is 5.44. The van der Waals surface area contributed by atoms with Crippen molar-refractivity contribution in [2.75, 3.05) is 29.9 Å². The van der Waals surface area contributed by atoms with Crippen LogP contribution in [0.4, 0.5) is 11.6 Å². The third-order valence-electron chi connectivity index (χ3n) is 3.27. The Balaban J connectivity index is 2.17. The van der Waals surface area contributed by atoms with Gasteiger partial charge in [-0.05, 0) is 35.7 Å². The van der Waals surface area contributed by atoms with E-state index in [9.17, 15) is 0 Å². The van der Waals surface area contributed by atoms with Crippen LogP contribution >= 0.6 is 15.9 Å². The van der Waals surface area contributed by atoms with Gasteiger partial charge in [-0.3, -0.25) is 0 Å². The van der Waals surface area contributed by atoms with Crippen molar-refractivity contribution in [3.63, 3.8) is 0 Å². The predicted molar refractivity (Wildman–Crippen MR) is 79.2 cm³/mol. The first-order chi connectivity index (χ1) is 8.83. The zero-order valence-electron chi connectivity index (χ0n) is 11.0. The Morgan fingerprint density at radius 1 is 1.17 bits per heavy atom. The second kappa shape index (κ2) is 6.92. The molecule has 0 atom stereocenters. The molecule has 1 aliphatic rings. The van der Waals surface area contributed by atoms with Gasteiger partial charge in [0, 0.05) is 19.6 Å². The molecule has 0 unspecified atom stereocenters. The molecule has 1 fully saturated rings. The fraction of sp³-hybridized carbons (Fsp3) is 0.692. The zero-order valence-corrected chi connectivity index (χ0v) is 12.5. The van der Waals surface area contributed by atoms with Crippen molar-refractivity contribution in [3.05, 3.63) is 10.8 Å². The number of nitrogens with zero attached hydrogens (tertiary/aromatic N) is 3. The highest BCUT2D eigenvalue weighted by Crippen LogP contribution is 2.30. The van der Waals surface area contributed by atoms with E-state index in [1.165, 1.54) is 32.1 Å². The van der Waals surface area contributed by atoms with Gasteiger partial charge in [0.15, 0.2) is 0 Å². The summed E-state index contributed by atoms with van der Waals surface area (Å²) in [5.41, 5.74) is 0. The number of nitrogens with one attached hydrogen (secondary N) is 1. The van der Waals surface area contributed by atoms with Crippen LogP contribution < -0.4 is 10.2 Å². The van der Waals surface area contributed by atoms with Crippen LogP contribution in [0.5, 0.6) is 0 Å². The van der Waals surface area contributed by atoms with Crippen molar-refractivity contribution in [2.24, 2.45) is 0 Å². The van der Waals surface area contributed by atoms with E-state index in [1.54, 1.807) is 6.33 Å². The molecule has 5 heteroatoms. The summed E-state index contributed by atoms with van der Waals surface area (Å²) in [5.74, 6) is 1.92. The Labute approximate surface area is 117 Å². The Morgan fingerprint density at radius 2 is 1.83 bits per heavy atom. The number of halogens is 1. The monoisotopic (exact) mass is 312 g/mol. The minimum Gasteiger partial charge on any atom is -0.369 e. The number of aromatic nitrogens is 2. The largest absolute Gasteiger partial charge is 0.369 e. The van der Waals surface area contributed by atoms with Crippen LogP contribution in [0, 0.1) is 0 Å². The Bertz CT molecular complexity index is 375. The molecule has 1 aromatic heterocycles. The molecule has 2 rings (SSSR count). The van der Waals surface area contributed by atoms with Crippen molar-refractivity contribution in [1.29, 1.82) is 0 Å². The van der Waals surface area contributed by atoms with Crippen molar-refractivity contribution < 1.29 is 0 Å². The summed E-state index contributed by atoms with van der Waals surface area (Å²) >= 11 is 3.63. The van der Waals surface area contributed by atoms with E-state index in [4.69, 9.17) is 0 Å². The second-order valence-electron chi connectivity index (χ2n) is 4.65. The first-order valence-corrected chi connectivity index (χ1v) is 7.61. The standard InChI is InChI=1S/C13H21BrN4/c1-2-15-12-11(14)13(17-10-16-12)18-8-6-4-3-5-7-9-18/h10H,2-9H2,1H3,(H,15,16,17). The summed E-state index contributed by atoms with van der Waals surface area (Å²) in [6.45, 7) is 5.14. The molecule has 1 aliphatic heterocycles. The lowest BCUT2D eigenvalue weighted by Crippen LogP contribution is -2.28. The van der Waals surface area contributed by atoms with Gasteiger partial charge in [0.05, 0.1) is 0 Å². The summed E-state index contributed by atoms with van der Waals surface area (Å²) < 4.78 is 0.993. The average Bonchev–Trinajstić information content (AvgIpc) is 2.33. The maximum Gasteiger partial charge on any atom is 0.148 e. The first kappa shape index (κ1) is 13.6. The number of anilines is 2. The van der Waals surface area contributed by atoms with Gasteiger partial charge in [0.1, 0.15) is 22.4 Å². The molecule has 0 spiro atoms. The van der Waals surface area contributed by atoms with Crippen LogP contribution in [0.3, 0.4) is 0 Å². The Morgan fingerprint density at radius 3 is 2.50 bits per heavy atom. The van der Waals surface area contributed by atoms with Crippen molar-refractivity contribution >= 4 is 27.6 Å². The third-order valence-corrected chi connectivity index (χ3v) is 4.00. The van der Waals surface area contributed by atoms with Gasteiger partial charge in [-0.15, -0.1) is 0 Å². The molecule has 0 bridgehead atoms. The Kier molecular flexibility index (Phi) is 5.23. The molecular formula is C13H21BrN4. The van der Waals surface area contributed by atoms with Crippen molar-refractivity contribution in [3.8, 4) is 0 Å². The van der Waals surface area contributed by atoms with Gasteiger partial charge >= 0.3 is 0 Å². The van der Waals surface area contributed by atoms with Crippen LogP contribution in [-0.4, -0.2) is 29.6 Å². The molecule has 18 heavy (non-hydrogen) atoms. The Hall–Kier alpha value is -0.840. The number of hydrogen-bond acceptors (Lipinski definition) is 4. The van der Waals surface area contributed by atoms with Gasteiger partial charge in [0.25, 0.3) is 0 Å². The van der Waals surface area contributed by atoms with Crippen LogP contribution in [0.25, 0.3) is 0 Å². The van der Waals surface area contributed by atoms with E-state index in [0.717, 1.165) is 35.7 Å². The molecule has 4 nitrogen and oxygen atoms in total. The minimum absolute atomic E-state index is 0.870. The van der Waals surface area contributed by atoms with Gasteiger partial charge < -0.3 is 10.2 Å². The lowest BCUT2D eigenvalue weighted by molar-refractivity contribution is 0.553. The number of rotatable bonds is 3. The molecule has 1 saturated heterocycles. The molecule has 1 N–H and O–H groups in total. The number of hydrogen-bond donors (Lipinski definition) is 1. The van der Waals surface area contributed by atoms with E-state index in [2.05, 4.69) is 43.0 Å². The lowest BCUT2D eigenvalue weighted by atomic mass is 10.1. The summed E-state index contributed by atoms with van der Waals surface area (Å²) in [6.07, 6.45) is 8.21. The van der Waals surface area contributed by atoms with Crippen LogP contribution in [0.15, 0.2) is 10.8 Å². The minimum atomic E-state index is 0.870. The molecule has 1 aromatic rings. The summed E-state index contributed by atoms with van der Waals surface area (Å²) in [6, 6.07) is 0. The topological polar surface area (TPSA) is 41.1 Å². The van der Waals surface area contributed by atoms with Crippen LogP contribution in [0.2, 0.25) is 0 Å². The van der Waals surface area contributed by atoms with E-state index in [-0.39, 0.29) is 0 Å². The molecule has 0 aromatic carbocycles. The average molecular weight is 313 g/mol. The molecular weight excluding hydrogens is 292 g/mol. The van der Waals surface area contributed by atoms with Gasteiger partial charge in [-0.2, -0.15) is 0 Å². The highest BCUT2D eigenvalue weighted by atomic mass is 79.9. The summed E-state index contributed by atoms with van der Waals surface area (Å²) in [4.78, 5) is 11.1. The lowest BCUT2D eigenvalue weighted by Gasteiger charge is -2.27. The van der Waals surface area contributed by atoms with E-state index >= 15 is 0 Å². The fourth-order valence-electron chi connectivity index (χ4n) is 2.33. The predicted octanol–water partition coefficient (Wildman–Crippen LogP) is 3.44. The van der Waals surface area contributed by atoms with E-state index < -0.39 is 0 Å². The van der Waals surface area contributed by atoms with E-state index in [0.29, 0.717) is 0 Å². The highest BCUT2D eigenvalue weighted by Gasteiger charge is 2.16. The van der Waals surface area contributed by atoms with E-state index in [1.807, 2.05) is 0 Å². The van der Waals surface area contributed by atoms with Crippen LogP contribution in [0.1, 0.15) is 39.0 Å². The third kappa shape index (κ3) is 3.34. The SMILES string of the molecule is CCNc1ncnc(N2CCCCCCC2)c1Br. The molecule has 0 aliphatic carbocycles. The maximum atomic E-state index is 4.45. The van der Waals surface area contributed by atoms with Crippen molar-refractivity contribution in [1.82, 2.24) is 9.97 Å². The normalized spacial score (nSPS) is 17.1. The summed E-state index contributed by atoms with van der Waals surface area (Å²) in [5, 5.41) is 3.26. The molecule has 0 saturated carbocycles. The molecule has 100 valence electrons. The fourth-order valence-corrected chi connectivity index (χ4v) is 2.93. The molecule has 0 radical (unpaired) electrons. The maximum absolute atomic E-state index is 4.45. The highest BCUT2D eigenvalue weighted by molar-refractivity contribution is 9.10. The van der Waals surface area contributed by atoms with Crippen molar-refractivity contribution in [2.45, 2.75) is 39.0 Å². The first-order valence-electron chi connectivity index (χ1n) is 6.82. The van der Waals surface area contributed by atoms with Gasteiger partial charge in [-0.25, -0.2) is 9.97 Å². The van der Waals surface area contributed by atoms with Crippen LogP contribution in [-0.2, 0) is 0 Å². The zero-order chi connectivity index (χ0) is 12.8. The molecule has 0 amide bonds. The van der Waals surface area contributed by atoms with Gasteiger partial charge in [0.2, 0.25) is 0 Å².